The van der Waals surface area contributed by atoms with E-state index in [1.807, 2.05) is 6.92 Å². The summed E-state index contributed by atoms with van der Waals surface area (Å²) < 4.78 is 13.3. The zero-order valence-corrected chi connectivity index (χ0v) is 10.8. The van der Waals surface area contributed by atoms with Gasteiger partial charge in [0, 0.05) is 6.54 Å². The van der Waals surface area contributed by atoms with Gasteiger partial charge in [-0.3, -0.25) is 4.79 Å². The van der Waals surface area contributed by atoms with E-state index in [0.29, 0.717) is 18.5 Å². The van der Waals surface area contributed by atoms with E-state index >= 15 is 0 Å². The first kappa shape index (κ1) is 14.6. The van der Waals surface area contributed by atoms with Crippen molar-refractivity contribution in [1.82, 2.24) is 5.32 Å². The highest BCUT2D eigenvalue weighted by Gasteiger charge is 2.10. The highest BCUT2D eigenvalue weighted by atomic mass is 19.1. The molecule has 100 valence electrons. The van der Waals surface area contributed by atoms with Crippen molar-refractivity contribution in [1.29, 1.82) is 0 Å². The predicted molar refractivity (Wildman–Crippen MR) is 68.6 cm³/mol. The molecule has 1 rings (SSSR count). The van der Waals surface area contributed by atoms with Crippen LogP contribution in [0.3, 0.4) is 0 Å². The van der Waals surface area contributed by atoms with Crippen molar-refractivity contribution in [3.63, 3.8) is 0 Å². The third kappa shape index (κ3) is 5.27. The van der Waals surface area contributed by atoms with Gasteiger partial charge in [0.05, 0.1) is 12.5 Å². The van der Waals surface area contributed by atoms with Crippen molar-refractivity contribution in [3.8, 4) is 0 Å². The van der Waals surface area contributed by atoms with Crippen molar-refractivity contribution in [3.05, 3.63) is 35.6 Å². The number of carbonyl (C=O) groups excluding carboxylic acids is 1. The summed E-state index contributed by atoms with van der Waals surface area (Å²) in [5.41, 5.74) is 0.401. The van der Waals surface area contributed by atoms with Gasteiger partial charge in [0.2, 0.25) is 5.91 Å². The number of hydrogen-bond acceptors (Lipinski definition) is 2. The first-order chi connectivity index (χ1) is 8.49. The van der Waals surface area contributed by atoms with E-state index in [2.05, 4.69) is 5.32 Å². The van der Waals surface area contributed by atoms with E-state index in [1.165, 1.54) is 6.07 Å². The van der Waals surface area contributed by atoms with Gasteiger partial charge in [-0.15, -0.1) is 0 Å². The van der Waals surface area contributed by atoms with Crippen LogP contribution < -0.4 is 5.32 Å². The third-order valence-corrected chi connectivity index (χ3v) is 2.70. The smallest absolute Gasteiger partial charge is 0.224 e. The predicted octanol–water partition coefficient (Wildman–Crippen LogP) is 1.89. The molecule has 0 bridgehead atoms. The second kappa shape index (κ2) is 7.11. The molecule has 2 atom stereocenters. The molecule has 2 N–H and O–H groups in total. The summed E-state index contributed by atoms with van der Waals surface area (Å²) in [7, 11) is 0. The standard InChI is InChI=1S/C14H20FNO2/c1-10(7-11(2)17)9-16-14(18)8-12-5-3-4-6-13(12)15/h3-6,10-11,17H,7-9H2,1-2H3,(H,16,18). The Labute approximate surface area is 107 Å². The van der Waals surface area contributed by atoms with Gasteiger partial charge < -0.3 is 10.4 Å². The first-order valence-electron chi connectivity index (χ1n) is 6.17. The number of rotatable bonds is 6. The quantitative estimate of drug-likeness (QED) is 0.813. The fraction of sp³-hybridized carbons (Fsp3) is 0.500. The van der Waals surface area contributed by atoms with Crippen LogP contribution in [-0.4, -0.2) is 23.7 Å². The summed E-state index contributed by atoms with van der Waals surface area (Å²) in [5, 5.41) is 11.9. The third-order valence-electron chi connectivity index (χ3n) is 2.70. The van der Waals surface area contributed by atoms with Crippen molar-refractivity contribution >= 4 is 5.91 Å². The minimum absolute atomic E-state index is 0.0497. The van der Waals surface area contributed by atoms with Crippen LogP contribution in [0, 0.1) is 11.7 Å². The highest BCUT2D eigenvalue weighted by molar-refractivity contribution is 5.78. The molecule has 3 nitrogen and oxygen atoms in total. The molecular formula is C14H20FNO2. The molecule has 0 aliphatic heterocycles. The Hall–Kier alpha value is -1.42. The number of aliphatic hydroxyl groups excluding tert-OH is 1. The molecule has 0 aromatic heterocycles. The summed E-state index contributed by atoms with van der Waals surface area (Å²) in [6, 6.07) is 6.26. The summed E-state index contributed by atoms with van der Waals surface area (Å²) in [5.74, 6) is -0.350. The molecule has 0 spiro atoms. The van der Waals surface area contributed by atoms with Gasteiger partial charge in [-0.1, -0.05) is 25.1 Å². The number of nitrogens with one attached hydrogen (secondary N) is 1. The van der Waals surface area contributed by atoms with Crippen molar-refractivity contribution in [2.75, 3.05) is 6.54 Å². The van der Waals surface area contributed by atoms with E-state index < -0.39 is 0 Å². The molecule has 0 aliphatic carbocycles. The van der Waals surface area contributed by atoms with Gasteiger partial charge in [-0.05, 0) is 30.9 Å². The van der Waals surface area contributed by atoms with Gasteiger partial charge in [-0.25, -0.2) is 4.39 Å². The van der Waals surface area contributed by atoms with E-state index in [-0.39, 0.29) is 30.2 Å². The normalized spacial score (nSPS) is 14.0. The van der Waals surface area contributed by atoms with Gasteiger partial charge in [0.15, 0.2) is 0 Å². The monoisotopic (exact) mass is 253 g/mol. The molecule has 4 heteroatoms. The summed E-state index contributed by atoms with van der Waals surface area (Å²) >= 11 is 0. The molecule has 0 fully saturated rings. The van der Waals surface area contributed by atoms with Crippen LogP contribution in [0.5, 0.6) is 0 Å². The van der Waals surface area contributed by atoms with Crippen LogP contribution in [0.25, 0.3) is 0 Å². The lowest BCUT2D eigenvalue weighted by molar-refractivity contribution is -0.120. The van der Waals surface area contributed by atoms with Gasteiger partial charge in [0.25, 0.3) is 0 Å². The number of amides is 1. The summed E-state index contributed by atoms with van der Waals surface area (Å²) in [6.45, 7) is 4.17. The van der Waals surface area contributed by atoms with E-state index in [9.17, 15) is 14.3 Å². The van der Waals surface area contributed by atoms with E-state index in [1.54, 1.807) is 25.1 Å². The Morgan fingerprint density at radius 1 is 1.39 bits per heavy atom. The first-order valence-corrected chi connectivity index (χ1v) is 6.17. The number of benzene rings is 1. The molecule has 2 unspecified atom stereocenters. The zero-order valence-electron chi connectivity index (χ0n) is 10.8. The minimum Gasteiger partial charge on any atom is -0.393 e. The van der Waals surface area contributed by atoms with Crippen molar-refractivity contribution in [2.45, 2.75) is 32.8 Å². The molecule has 0 radical (unpaired) electrons. The molecule has 1 amide bonds. The Bertz CT molecular complexity index is 393. The van der Waals surface area contributed by atoms with Crippen molar-refractivity contribution < 1.29 is 14.3 Å². The van der Waals surface area contributed by atoms with Gasteiger partial charge >= 0.3 is 0 Å². The number of hydrogen-bond donors (Lipinski definition) is 2. The van der Waals surface area contributed by atoms with Crippen LogP contribution in [0.15, 0.2) is 24.3 Å². The van der Waals surface area contributed by atoms with Crippen LogP contribution in [-0.2, 0) is 11.2 Å². The summed E-state index contributed by atoms with van der Waals surface area (Å²) in [4.78, 5) is 11.6. The minimum atomic E-state index is -0.372. The largest absolute Gasteiger partial charge is 0.393 e. The molecule has 0 saturated heterocycles. The Kier molecular flexibility index (Phi) is 5.78. The number of carbonyl (C=O) groups is 1. The lowest BCUT2D eigenvalue weighted by Crippen LogP contribution is -2.30. The lowest BCUT2D eigenvalue weighted by atomic mass is 10.0. The molecule has 18 heavy (non-hydrogen) atoms. The van der Waals surface area contributed by atoms with Crippen LogP contribution in [0.2, 0.25) is 0 Å². The second-order valence-corrected chi connectivity index (χ2v) is 4.76. The van der Waals surface area contributed by atoms with E-state index in [0.717, 1.165) is 0 Å². The Balaban J connectivity index is 2.36. The Morgan fingerprint density at radius 3 is 2.67 bits per heavy atom. The molecular weight excluding hydrogens is 233 g/mol. The molecule has 0 aliphatic rings. The van der Waals surface area contributed by atoms with E-state index in [4.69, 9.17) is 0 Å². The molecule has 1 aromatic rings. The van der Waals surface area contributed by atoms with Crippen LogP contribution >= 0.6 is 0 Å². The number of aliphatic hydroxyl groups is 1. The average molecular weight is 253 g/mol. The zero-order chi connectivity index (χ0) is 13.5. The lowest BCUT2D eigenvalue weighted by Gasteiger charge is -2.14. The Morgan fingerprint density at radius 2 is 2.06 bits per heavy atom. The topological polar surface area (TPSA) is 49.3 Å². The SMILES string of the molecule is CC(O)CC(C)CNC(=O)Cc1ccccc1F. The number of halogens is 1. The van der Waals surface area contributed by atoms with Crippen LogP contribution in [0.1, 0.15) is 25.8 Å². The maximum Gasteiger partial charge on any atom is 0.224 e. The molecule has 0 saturated carbocycles. The van der Waals surface area contributed by atoms with Crippen LogP contribution in [0.4, 0.5) is 4.39 Å². The van der Waals surface area contributed by atoms with Gasteiger partial charge in [-0.2, -0.15) is 0 Å². The second-order valence-electron chi connectivity index (χ2n) is 4.76. The van der Waals surface area contributed by atoms with Gasteiger partial charge in [0.1, 0.15) is 5.82 Å². The average Bonchev–Trinajstić information content (AvgIpc) is 2.29. The maximum absolute atomic E-state index is 13.3. The fourth-order valence-electron chi connectivity index (χ4n) is 1.83. The fourth-order valence-corrected chi connectivity index (χ4v) is 1.83. The highest BCUT2D eigenvalue weighted by Crippen LogP contribution is 2.07. The van der Waals surface area contributed by atoms with Crippen molar-refractivity contribution in [2.24, 2.45) is 5.92 Å². The summed E-state index contributed by atoms with van der Waals surface area (Å²) in [6.07, 6.45) is 0.317. The molecule has 1 aromatic carbocycles. The molecule has 0 heterocycles. The maximum atomic E-state index is 13.3.